The standard InChI is InChI=1S/C5H10N2OS/c1-3(2)4-5(8)7-9-6-4/h3-4,6H,1-2H3,(H,7,8). The largest absolute Gasteiger partial charge is 0.286 e. The van der Waals surface area contributed by atoms with Gasteiger partial charge in [-0.1, -0.05) is 13.8 Å². The number of hydrogen-bond donors (Lipinski definition) is 2. The number of amides is 1. The zero-order chi connectivity index (χ0) is 6.85. The lowest BCUT2D eigenvalue weighted by atomic mass is 10.1. The molecule has 0 saturated carbocycles. The molecule has 1 unspecified atom stereocenters. The number of nitrogens with one attached hydrogen (secondary N) is 2. The molecule has 1 fully saturated rings. The van der Waals surface area contributed by atoms with E-state index in [0.717, 1.165) is 0 Å². The van der Waals surface area contributed by atoms with E-state index in [9.17, 15) is 4.79 Å². The van der Waals surface area contributed by atoms with E-state index in [1.807, 2.05) is 13.8 Å². The van der Waals surface area contributed by atoms with Gasteiger partial charge in [0.15, 0.2) is 0 Å². The van der Waals surface area contributed by atoms with Crippen LogP contribution in [0.3, 0.4) is 0 Å². The van der Waals surface area contributed by atoms with Gasteiger partial charge in [0.2, 0.25) is 5.91 Å². The number of rotatable bonds is 1. The van der Waals surface area contributed by atoms with Crippen LogP contribution < -0.4 is 9.44 Å². The van der Waals surface area contributed by atoms with Gasteiger partial charge in [-0.3, -0.25) is 9.52 Å². The van der Waals surface area contributed by atoms with Crippen molar-refractivity contribution >= 4 is 18.0 Å². The lowest BCUT2D eigenvalue weighted by Gasteiger charge is -2.08. The van der Waals surface area contributed by atoms with Gasteiger partial charge in [0.05, 0.1) is 0 Å². The van der Waals surface area contributed by atoms with E-state index in [2.05, 4.69) is 9.44 Å². The fourth-order valence-corrected chi connectivity index (χ4v) is 1.49. The van der Waals surface area contributed by atoms with Crippen molar-refractivity contribution < 1.29 is 4.79 Å². The third kappa shape index (κ3) is 1.37. The molecule has 0 aromatic carbocycles. The Morgan fingerprint density at radius 1 is 1.67 bits per heavy atom. The monoisotopic (exact) mass is 146 g/mol. The van der Waals surface area contributed by atoms with Gasteiger partial charge >= 0.3 is 0 Å². The highest BCUT2D eigenvalue weighted by Gasteiger charge is 2.26. The Kier molecular flexibility index (Phi) is 1.97. The van der Waals surface area contributed by atoms with E-state index in [1.165, 1.54) is 12.1 Å². The van der Waals surface area contributed by atoms with Crippen LogP contribution in [0.25, 0.3) is 0 Å². The van der Waals surface area contributed by atoms with Crippen LogP contribution in [-0.2, 0) is 4.79 Å². The molecular formula is C5H10N2OS. The van der Waals surface area contributed by atoms with Crippen molar-refractivity contribution in [1.82, 2.24) is 9.44 Å². The Hall–Kier alpha value is -0.220. The van der Waals surface area contributed by atoms with Crippen LogP contribution in [0.1, 0.15) is 13.8 Å². The van der Waals surface area contributed by atoms with Crippen molar-refractivity contribution in [3.63, 3.8) is 0 Å². The van der Waals surface area contributed by atoms with Gasteiger partial charge in [-0.05, 0) is 5.92 Å². The molecule has 0 radical (unpaired) electrons. The van der Waals surface area contributed by atoms with Gasteiger partial charge in [0.25, 0.3) is 0 Å². The van der Waals surface area contributed by atoms with Crippen LogP contribution >= 0.6 is 12.1 Å². The summed E-state index contributed by atoms with van der Waals surface area (Å²) in [5.74, 6) is 0.468. The van der Waals surface area contributed by atoms with Crippen LogP contribution in [-0.4, -0.2) is 11.9 Å². The van der Waals surface area contributed by atoms with Crippen LogP contribution in [0.5, 0.6) is 0 Å². The molecule has 9 heavy (non-hydrogen) atoms. The molecule has 0 aromatic rings. The predicted molar refractivity (Wildman–Crippen MR) is 37.5 cm³/mol. The molecule has 0 aliphatic carbocycles. The Morgan fingerprint density at radius 2 is 2.33 bits per heavy atom. The van der Waals surface area contributed by atoms with Gasteiger partial charge in [0.1, 0.15) is 6.04 Å². The highest BCUT2D eigenvalue weighted by Crippen LogP contribution is 2.10. The lowest BCUT2D eigenvalue weighted by Crippen LogP contribution is -2.32. The average Bonchev–Trinajstić information content (AvgIpc) is 2.13. The first kappa shape index (κ1) is 6.89. The van der Waals surface area contributed by atoms with Crippen molar-refractivity contribution in [2.45, 2.75) is 19.9 Å². The van der Waals surface area contributed by atoms with Crippen molar-refractivity contribution in [3.8, 4) is 0 Å². The topological polar surface area (TPSA) is 41.1 Å². The van der Waals surface area contributed by atoms with Crippen LogP contribution in [0, 0.1) is 5.92 Å². The van der Waals surface area contributed by atoms with E-state index in [-0.39, 0.29) is 11.9 Å². The number of carbonyl (C=O) groups is 1. The minimum Gasteiger partial charge on any atom is -0.286 e. The van der Waals surface area contributed by atoms with Crippen molar-refractivity contribution in [3.05, 3.63) is 0 Å². The summed E-state index contributed by atoms with van der Waals surface area (Å²) in [4.78, 5) is 10.8. The second-order valence-corrected chi connectivity index (χ2v) is 3.05. The van der Waals surface area contributed by atoms with E-state index in [0.29, 0.717) is 5.92 Å². The molecule has 1 atom stereocenters. The fraction of sp³-hybridized carbons (Fsp3) is 0.800. The number of carbonyl (C=O) groups excluding carboxylic acids is 1. The molecule has 2 N–H and O–H groups in total. The molecule has 4 heteroatoms. The summed E-state index contributed by atoms with van der Waals surface area (Å²) in [5.41, 5.74) is 0. The molecule has 0 spiro atoms. The molecular weight excluding hydrogens is 136 g/mol. The highest BCUT2D eigenvalue weighted by molar-refractivity contribution is 7.96. The third-order valence-corrected chi connectivity index (χ3v) is 1.96. The van der Waals surface area contributed by atoms with Gasteiger partial charge in [-0.25, -0.2) is 4.72 Å². The third-order valence-electron chi connectivity index (χ3n) is 1.29. The maximum atomic E-state index is 10.8. The Balaban J connectivity index is 2.49. The smallest absolute Gasteiger partial charge is 0.249 e. The predicted octanol–water partition coefficient (Wildman–Crippen LogP) is 0.294. The molecule has 1 aliphatic heterocycles. The number of hydrogen-bond acceptors (Lipinski definition) is 3. The van der Waals surface area contributed by atoms with Crippen LogP contribution in [0.4, 0.5) is 0 Å². The molecule has 1 heterocycles. The molecule has 3 nitrogen and oxygen atoms in total. The highest BCUT2D eigenvalue weighted by atomic mass is 32.2. The van der Waals surface area contributed by atoms with Crippen LogP contribution in [0.2, 0.25) is 0 Å². The maximum absolute atomic E-state index is 10.8. The minimum atomic E-state index is -0.00463. The Morgan fingerprint density at radius 3 is 2.56 bits per heavy atom. The molecule has 0 bridgehead atoms. The van der Waals surface area contributed by atoms with E-state index in [1.54, 1.807) is 0 Å². The summed E-state index contributed by atoms with van der Waals surface area (Å²) in [5, 5.41) is 0. The molecule has 52 valence electrons. The van der Waals surface area contributed by atoms with Gasteiger partial charge in [-0.15, -0.1) is 0 Å². The van der Waals surface area contributed by atoms with Gasteiger partial charge < -0.3 is 0 Å². The van der Waals surface area contributed by atoms with Gasteiger partial charge in [-0.2, -0.15) is 0 Å². The molecule has 1 saturated heterocycles. The molecule has 1 rings (SSSR count). The van der Waals surface area contributed by atoms with Crippen LogP contribution in [0.15, 0.2) is 0 Å². The summed E-state index contributed by atoms with van der Waals surface area (Å²) in [6, 6.07) is -0.00463. The maximum Gasteiger partial charge on any atom is 0.249 e. The Labute approximate surface area is 58.8 Å². The summed E-state index contributed by atoms with van der Waals surface area (Å²) < 4.78 is 5.58. The first-order valence-electron chi connectivity index (χ1n) is 2.93. The summed E-state index contributed by atoms with van der Waals surface area (Å²) in [6.07, 6.45) is 0. The SMILES string of the molecule is CC(C)C1NSNC1=O. The molecule has 0 aromatic heterocycles. The summed E-state index contributed by atoms with van der Waals surface area (Å²) in [6.45, 7) is 4.03. The average molecular weight is 146 g/mol. The quantitative estimate of drug-likeness (QED) is 0.522. The van der Waals surface area contributed by atoms with Crippen molar-refractivity contribution in [2.24, 2.45) is 5.92 Å². The van der Waals surface area contributed by atoms with Crippen molar-refractivity contribution in [2.75, 3.05) is 0 Å². The second-order valence-electron chi connectivity index (χ2n) is 2.41. The summed E-state index contributed by atoms with van der Waals surface area (Å²) >= 11 is 1.27. The zero-order valence-electron chi connectivity index (χ0n) is 5.47. The lowest BCUT2D eigenvalue weighted by molar-refractivity contribution is -0.120. The molecule has 1 aliphatic rings. The normalized spacial score (nSPS) is 27.0. The van der Waals surface area contributed by atoms with Gasteiger partial charge in [0, 0.05) is 12.1 Å². The van der Waals surface area contributed by atoms with Crippen molar-refractivity contribution in [1.29, 1.82) is 0 Å². The second kappa shape index (κ2) is 2.58. The Bertz CT molecular complexity index is 126. The summed E-state index contributed by atoms with van der Waals surface area (Å²) in [7, 11) is 0. The first-order chi connectivity index (χ1) is 4.22. The fourth-order valence-electron chi connectivity index (χ4n) is 0.699. The minimum absolute atomic E-state index is 0.00463. The van der Waals surface area contributed by atoms with E-state index in [4.69, 9.17) is 0 Å². The zero-order valence-corrected chi connectivity index (χ0v) is 6.29. The van der Waals surface area contributed by atoms with E-state index < -0.39 is 0 Å². The van der Waals surface area contributed by atoms with E-state index >= 15 is 0 Å². The first-order valence-corrected chi connectivity index (χ1v) is 3.74. The molecule has 1 amide bonds.